The van der Waals surface area contributed by atoms with E-state index in [0.717, 1.165) is 55.7 Å². The molecule has 1 saturated heterocycles. The number of fused-ring (bicyclic) bond motifs is 1. The lowest BCUT2D eigenvalue weighted by molar-refractivity contribution is 0.238. The van der Waals surface area contributed by atoms with Gasteiger partial charge in [-0.1, -0.05) is 6.07 Å². The van der Waals surface area contributed by atoms with Crippen LogP contribution in [0.15, 0.2) is 35.0 Å². The van der Waals surface area contributed by atoms with E-state index in [1.54, 1.807) is 0 Å². The highest BCUT2D eigenvalue weighted by Gasteiger charge is 2.21. The zero-order valence-corrected chi connectivity index (χ0v) is 13.6. The van der Waals surface area contributed by atoms with Crippen LogP contribution in [0.4, 0.5) is 6.01 Å². The first kappa shape index (κ1) is 14.3. The quantitative estimate of drug-likeness (QED) is 0.742. The van der Waals surface area contributed by atoms with Gasteiger partial charge in [0.2, 0.25) is 0 Å². The van der Waals surface area contributed by atoms with Gasteiger partial charge in [-0.25, -0.2) is 4.98 Å². The highest BCUT2D eigenvalue weighted by atomic mass is 16.4. The van der Waals surface area contributed by atoms with E-state index in [0.29, 0.717) is 0 Å². The molecule has 6 heteroatoms. The zero-order valence-electron chi connectivity index (χ0n) is 13.6. The smallest absolute Gasteiger partial charge is 0.298 e. The molecule has 0 atom stereocenters. The lowest BCUT2D eigenvalue weighted by atomic mass is 10.2. The van der Waals surface area contributed by atoms with Crippen molar-refractivity contribution in [2.24, 2.45) is 7.05 Å². The van der Waals surface area contributed by atoms with E-state index in [1.165, 1.54) is 5.56 Å². The molecule has 4 rings (SSSR count). The molecule has 1 aliphatic rings. The summed E-state index contributed by atoms with van der Waals surface area (Å²) in [5.74, 6) is 1.11. The Balaban J connectivity index is 1.43. The minimum absolute atomic E-state index is 0.738. The Morgan fingerprint density at radius 3 is 2.74 bits per heavy atom. The van der Waals surface area contributed by atoms with Crippen molar-refractivity contribution in [1.29, 1.82) is 0 Å². The second-order valence-electron chi connectivity index (χ2n) is 6.19. The van der Waals surface area contributed by atoms with Gasteiger partial charge in [-0.2, -0.15) is 4.98 Å². The van der Waals surface area contributed by atoms with E-state index in [-0.39, 0.29) is 0 Å². The SMILES string of the molecule is Cc1ccc2oc(N3CCN(Cc4nccn4C)CC3)nc2c1. The van der Waals surface area contributed by atoms with E-state index in [1.807, 2.05) is 25.5 Å². The number of hydrogen-bond donors (Lipinski definition) is 0. The number of hydrogen-bond acceptors (Lipinski definition) is 5. The summed E-state index contributed by atoms with van der Waals surface area (Å²) in [5, 5.41) is 0. The van der Waals surface area contributed by atoms with Crippen molar-refractivity contribution in [3.05, 3.63) is 42.0 Å². The molecule has 120 valence electrons. The summed E-state index contributed by atoms with van der Waals surface area (Å²) in [6.07, 6.45) is 3.85. The number of aryl methyl sites for hydroxylation is 2. The van der Waals surface area contributed by atoms with Crippen LogP contribution in [0, 0.1) is 6.92 Å². The van der Waals surface area contributed by atoms with Crippen LogP contribution < -0.4 is 4.90 Å². The molecule has 1 aliphatic heterocycles. The van der Waals surface area contributed by atoms with E-state index in [9.17, 15) is 0 Å². The largest absolute Gasteiger partial charge is 0.423 e. The Labute approximate surface area is 135 Å². The Bertz CT molecular complexity index is 813. The van der Waals surface area contributed by atoms with Crippen LogP contribution in [-0.2, 0) is 13.6 Å². The summed E-state index contributed by atoms with van der Waals surface area (Å²) >= 11 is 0. The van der Waals surface area contributed by atoms with Crippen LogP contribution in [0.3, 0.4) is 0 Å². The summed E-state index contributed by atoms with van der Waals surface area (Å²) in [4.78, 5) is 13.7. The molecule has 6 nitrogen and oxygen atoms in total. The van der Waals surface area contributed by atoms with Gasteiger partial charge in [0, 0.05) is 45.6 Å². The van der Waals surface area contributed by atoms with Gasteiger partial charge in [-0.05, 0) is 24.6 Å². The molecule has 3 aromatic rings. The van der Waals surface area contributed by atoms with Crippen LogP contribution in [0.1, 0.15) is 11.4 Å². The van der Waals surface area contributed by atoms with E-state index < -0.39 is 0 Å². The lowest BCUT2D eigenvalue weighted by Gasteiger charge is -2.33. The average Bonchev–Trinajstić information content (AvgIpc) is 3.14. The predicted molar refractivity (Wildman–Crippen MR) is 89.4 cm³/mol. The Morgan fingerprint density at radius 1 is 1.17 bits per heavy atom. The van der Waals surface area contributed by atoms with Crippen LogP contribution in [-0.4, -0.2) is 45.6 Å². The Hall–Kier alpha value is -2.34. The Kier molecular flexibility index (Phi) is 3.53. The fourth-order valence-electron chi connectivity index (χ4n) is 3.01. The third-order valence-corrected chi connectivity index (χ3v) is 4.46. The topological polar surface area (TPSA) is 50.3 Å². The molecule has 0 bridgehead atoms. The van der Waals surface area contributed by atoms with Crippen LogP contribution in [0.2, 0.25) is 0 Å². The van der Waals surface area contributed by atoms with E-state index in [2.05, 4.69) is 43.4 Å². The number of piperazine rings is 1. The highest BCUT2D eigenvalue weighted by molar-refractivity contribution is 5.75. The van der Waals surface area contributed by atoms with Crippen molar-refractivity contribution >= 4 is 17.1 Å². The third kappa shape index (κ3) is 2.82. The van der Waals surface area contributed by atoms with Gasteiger partial charge in [0.25, 0.3) is 6.01 Å². The molecule has 3 heterocycles. The summed E-state index contributed by atoms with van der Waals surface area (Å²) in [7, 11) is 2.04. The number of imidazole rings is 1. The third-order valence-electron chi connectivity index (χ3n) is 4.46. The number of oxazole rings is 1. The minimum Gasteiger partial charge on any atom is -0.423 e. The highest BCUT2D eigenvalue weighted by Crippen LogP contribution is 2.23. The molecule has 2 aromatic heterocycles. The summed E-state index contributed by atoms with van der Waals surface area (Å²) in [6.45, 7) is 6.80. The van der Waals surface area contributed by atoms with Crippen molar-refractivity contribution in [2.45, 2.75) is 13.5 Å². The fourth-order valence-corrected chi connectivity index (χ4v) is 3.01. The van der Waals surface area contributed by atoms with Gasteiger partial charge in [0.15, 0.2) is 5.58 Å². The molecule has 0 amide bonds. The summed E-state index contributed by atoms with van der Waals surface area (Å²) in [6, 6.07) is 6.86. The molecule has 23 heavy (non-hydrogen) atoms. The number of rotatable bonds is 3. The maximum absolute atomic E-state index is 5.90. The van der Waals surface area contributed by atoms with Crippen LogP contribution >= 0.6 is 0 Å². The molecule has 0 spiro atoms. The van der Waals surface area contributed by atoms with Crippen LogP contribution in [0.25, 0.3) is 11.1 Å². The molecule has 0 N–H and O–H groups in total. The molecule has 1 fully saturated rings. The Morgan fingerprint density at radius 2 is 2.00 bits per heavy atom. The lowest BCUT2D eigenvalue weighted by Crippen LogP contribution is -2.46. The molecule has 0 radical (unpaired) electrons. The van der Waals surface area contributed by atoms with Gasteiger partial charge >= 0.3 is 0 Å². The van der Waals surface area contributed by atoms with Crippen LogP contribution in [0.5, 0.6) is 0 Å². The molecule has 0 saturated carbocycles. The van der Waals surface area contributed by atoms with E-state index in [4.69, 9.17) is 4.42 Å². The zero-order chi connectivity index (χ0) is 15.8. The first-order valence-corrected chi connectivity index (χ1v) is 8.00. The van der Waals surface area contributed by atoms with Crippen molar-refractivity contribution in [2.75, 3.05) is 31.1 Å². The summed E-state index contributed by atoms with van der Waals surface area (Å²) < 4.78 is 7.98. The van der Waals surface area contributed by atoms with Gasteiger partial charge in [-0.15, -0.1) is 0 Å². The van der Waals surface area contributed by atoms with Crippen molar-refractivity contribution in [1.82, 2.24) is 19.4 Å². The van der Waals surface area contributed by atoms with Crippen molar-refractivity contribution in [3.8, 4) is 0 Å². The normalized spacial score (nSPS) is 16.3. The maximum atomic E-state index is 5.90. The van der Waals surface area contributed by atoms with E-state index >= 15 is 0 Å². The first-order valence-electron chi connectivity index (χ1n) is 8.00. The number of aromatic nitrogens is 3. The van der Waals surface area contributed by atoms with Crippen molar-refractivity contribution < 1.29 is 4.42 Å². The second kappa shape index (κ2) is 5.70. The van der Waals surface area contributed by atoms with Gasteiger partial charge in [0.05, 0.1) is 6.54 Å². The maximum Gasteiger partial charge on any atom is 0.298 e. The molecule has 0 unspecified atom stereocenters. The second-order valence-corrected chi connectivity index (χ2v) is 6.19. The van der Waals surface area contributed by atoms with Gasteiger partial charge in [0.1, 0.15) is 11.3 Å². The summed E-state index contributed by atoms with van der Waals surface area (Å²) in [5.41, 5.74) is 3.01. The molecular formula is C17H21N5O. The number of anilines is 1. The van der Waals surface area contributed by atoms with Gasteiger partial charge < -0.3 is 13.9 Å². The number of benzene rings is 1. The minimum atomic E-state index is 0.738. The average molecular weight is 311 g/mol. The molecule has 0 aliphatic carbocycles. The predicted octanol–water partition coefficient (Wildman–Crippen LogP) is 2.19. The van der Waals surface area contributed by atoms with Gasteiger partial charge in [-0.3, -0.25) is 4.90 Å². The molecule has 1 aromatic carbocycles. The fraction of sp³-hybridized carbons (Fsp3) is 0.412. The molecular weight excluding hydrogens is 290 g/mol. The number of nitrogens with zero attached hydrogens (tertiary/aromatic N) is 5. The monoisotopic (exact) mass is 311 g/mol. The van der Waals surface area contributed by atoms with Crippen molar-refractivity contribution in [3.63, 3.8) is 0 Å². The first-order chi connectivity index (χ1) is 11.2. The standard InChI is InChI=1S/C17H21N5O/c1-13-3-4-15-14(11-13)19-17(23-15)22-9-7-21(8-10-22)12-16-18-5-6-20(16)2/h3-6,11H,7-10,12H2,1-2H3.